The van der Waals surface area contributed by atoms with Crippen molar-refractivity contribution in [3.8, 4) is 0 Å². The number of nitrogens with zero attached hydrogens (tertiary/aromatic N) is 5. The van der Waals surface area contributed by atoms with E-state index in [0.29, 0.717) is 6.04 Å². The van der Waals surface area contributed by atoms with Crippen LogP contribution in [0, 0.1) is 0 Å². The zero-order valence-corrected chi connectivity index (χ0v) is 14.4. The minimum atomic E-state index is 0.324. The molecule has 2 aliphatic heterocycles. The molecule has 0 aliphatic carbocycles. The van der Waals surface area contributed by atoms with Gasteiger partial charge < -0.3 is 9.47 Å². The van der Waals surface area contributed by atoms with Crippen molar-refractivity contribution in [2.24, 2.45) is 0 Å². The quantitative estimate of drug-likeness (QED) is 0.714. The summed E-state index contributed by atoms with van der Waals surface area (Å²) in [7, 11) is 0. The molecule has 5 heteroatoms. The molecule has 0 unspecified atom stereocenters. The van der Waals surface area contributed by atoms with Gasteiger partial charge in [-0.3, -0.25) is 4.98 Å². The molecular formula is C20H23N5. The maximum absolute atomic E-state index is 4.63. The van der Waals surface area contributed by atoms with Crippen LogP contribution in [-0.2, 0) is 13.0 Å². The molecule has 25 heavy (non-hydrogen) atoms. The van der Waals surface area contributed by atoms with E-state index < -0.39 is 0 Å². The van der Waals surface area contributed by atoms with E-state index >= 15 is 0 Å². The molecule has 128 valence electrons. The average molecular weight is 333 g/mol. The van der Waals surface area contributed by atoms with Gasteiger partial charge in [-0.25, -0.2) is 0 Å². The Morgan fingerprint density at radius 1 is 0.920 bits per heavy atom. The number of aromatic nitrogens is 4. The number of para-hydroxylation sites is 1. The molecule has 0 saturated carbocycles. The summed E-state index contributed by atoms with van der Waals surface area (Å²) in [6.07, 6.45) is 9.12. The lowest BCUT2D eigenvalue weighted by molar-refractivity contribution is 0.560. The van der Waals surface area contributed by atoms with E-state index in [4.69, 9.17) is 0 Å². The molecule has 2 aliphatic rings. The van der Waals surface area contributed by atoms with E-state index in [2.05, 4.69) is 55.0 Å². The molecule has 0 bridgehead atoms. The fourth-order valence-electron chi connectivity index (χ4n) is 4.41. The molecule has 1 atom stereocenters. The Balaban J connectivity index is 1.57. The topological polar surface area (TPSA) is 46.8 Å². The highest BCUT2D eigenvalue weighted by Crippen LogP contribution is 2.38. The molecule has 2 aromatic heterocycles. The second-order valence-corrected chi connectivity index (χ2v) is 7.14. The molecule has 1 aromatic carbocycles. The minimum absolute atomic E-state index is 0.324. The fraction of sp³-hybridized carbons (Fsp3) is 0.450. The Morgan fingerprint density at radius 3 is 2.88 bits per heavy atom. The van der Waals surface area contributed by atoms with Gasteiger partial charge in [0.25, 0.3) is 0 Å². The fourth-order valence-corrected chi connectivity index (χ4v) is 4.41. The van der Waals surface area contributed by atoms with Crippen molar-refractivity contribution in [1.82, 2.24) is 19.7 Å². The third kappa shape index (κ3) is 2.49. The average Bonchev–Trinajstić information content (AvgIpc) is 3.22. The van der Waals surface area contributed by atoms with E-state index in [0.717, 1.165) is 37.3 Å². The summed E-state index contributed by atoms with van der Waals surface area (Å²) >= 11 is 0. The van der Waals surface area contributed by atoms with Gasteiger partial charge in [0, 0.05) is 36.8 Å². The van der Waals surface area contributed by atoms with Crippen LogP contribution in [0.5, 0.6) is 0 Å². The summed E-state index contributed by atoms with van der Waals surface area (Å²) in [6.45, 7) is 2.14. The van der Waals surface area contributed by atoms with Gasteiger partial charge >= 0.3 is 0 Å². The number of pyridine rings is 1. The van der Waals surface area contributed by atoms with Crippen LogP contribution in [0.25, 0.3) is 10.9 Å². The number of anilines is 1. The van der Waals surface area contributed by atoms with Crippen LogP contribution in [0.15, 0.2) is 36.5 Å². The molecule has 1 saturated heterocycles. The Labute approximate surface area is 147 Å². The highest BCUT2D eigenvalue weighted by Gasteiger charge is 2.32. The maximum Gasteiger partial charge on any atom is 0.155 e. The van der Waals surface area contributed by atoms with Gasteiger partial charge in [-0.05, 0) is 37.8 Å². The molecular weight excluding hydrogens is 310 g/mol. The summed E-state index contributed by atoms with van der Waals surface area (Å²) in [5.74, 6) is 2.34. The van der Waals surface area contributed by atoms with E-state index in [1.54, 1.807) is 0 Å². The first-order valence-corrected chi connectivity index (χ1v) is 9.44. The summed E-state index contributed by atoms with van der Waals surface area (Å²) in [5.41, 5.74) is 2.34. The zero-order chi connectivity index (χ0) is 16.6. The van der Waals surface area contributed by atoms with Gasteiger partial charge in [-0.15, -0.1) is 10.2 Å². The predicted octanol–water partition coefficient (Wildman–Crippen LogP) is 3.89. The van der Waals surface area contributed by atoms with Gasteiger partial charge in [0.1, 0.15) is 5.82 Å². The third-order valence-corrected chi connectivity index (χ3v) is 5.62. The van der Waals surface area contributed by atoms with Crippen LogP contribution >= 0.6 is 0 Å². The Morgan fingerprint density at radius 2 is 1.88 bits per heavy atom. The normalized spacial score (nSPS) is 20.6. The molecule has 5 rings (SSSR count). The van der Waals surface area contributed by atoms with Gasteiger partial charge in [0.05, 0.1) is 11.6 Å². The summed E-state index contributed by atoms with van der Waals surface area (Å²) < 4.78 is 2.40. The first-order valence-electron chi connectivity index (χ1n) is 9.44. The Hall–Kier alpha value is -2.43. The highest BCUT2D eigenvalue weighted by molar-refractivity contribution is 5.91. The first-order chi connectivity index (χ1) is 12.4. The molecule has 4 heterocycles. The number of hydrogen-bond donors (Lipinski definition) is 0. The van der Waals surface area contributed by atoms with Gasteiger partial charge in [0.2, 0.25) is 0 Å². The van der Waals surface area contributed by atoms with Gasteiger partial charge in [0.15, 0.2) is 5.82 Å². The van der Waals surface area contributed by atoms with Crippen molar-refractivity contribution in [3.05, 3.63) is 48.2 Å². The lowest BCUT2D eigenvalue weighted by Gasteiger charge is -2.27. The number of hydrogen-bond acceptors (Lipinski definition) is 4. The Bertz CT molecular complexity index is 895. The van der Waals surface area contributed by atoms with Crippen LogP contribution in [-0.4, -0.2) is 26.3 Å². The molecule has 0 spiro atoms. The largest absolute Gasteiger partial charge is 0.361 e. The van der Waals surface area contributed by atoms with Crippen LogP contribution < -0.4 is 4.90 Å². The lowest BCUT2D eigenvalue weighted by atomic mass is 10.1. The minimum Gasteiger partial charge on any atom is -0.361 e. The number of aryl methyl sites for hydroxylation is 1. The van der Waals surface area contributed by atoms with E-state index in [1.807, 2.05) is 6.20 Å². The van der Waals surface area contributed by atoms with Crippen molar-refractivity contribution in [1.29, 1.82) is 0 Å². The van der Waals surface area contributed by atoms with Crippen LogP contribution in [0.3, 0.4) is 0 Å². The van der Waals surface area contributed by atoms with Crippen LogP contribution in [0.2, 0.25) is 0 Å². The summed E-state index contributed by atoms with van der Waals surface area (Å²) in [6, 6.07) is 10.9. The second-order valence-electron chi connectivity index (χ2n) is 7.14. The number of fused-ring (bicyclic) bond motifs is 2. The predicted molar refractivity (Wildman–Crippen MR) is 98.6 cm³/mol. The van der Waals surface area contributed by atoms with Crippen molar-refractivity contribution in [2.45, 2.75) is 51.1 Å². The van der Waals surface area contributed by atoms with Crippen molar-refractivity contribution >= 4 is 16.6 Å². The monoisotopic (exact) mass is 333 g/mol. The second kappa shape index (κ2) is 6.14. The van der Waals surface area contributed by atoms with E-state index in [-0.39, 0.29) is 0 Å². The molecule has 0 amide bonds. The van der Waals surface area contributed by atoms with Crippen molar-refractivity contribution in [3.63, 3.8) is 0 Å². The van der Waals surface area contributed by atoms with Gasteiger partial charge in [-0.2, -0.15) is 0 Å². The van der Waals surface area contributed by atoms with Crippen molar-refractivity contribution < 1.29 is 0 Å². The summed E-state index contributed by atoms with van der Waals surface area (Å²) in [5, 5.41) is 10.4. The smallest absolute Gasteiger partial charge is 0.155 e. The standard InChI is InChI=1S/C20H23N5/c1-2-10-19-22-23-20(25(19)13-5-1)18-9-6-14-24(18)17-11-12-21-16-8-4-3-7-15(16)17/h3-4,7-8,11-12,18H,1-2,5-6,9-10,13-14H2/t18-/m1/s1. The highest BCUT2D eigenvalue weighted by atomic mass is 15.3. The maximum atomic E-state index is 4.63. The number of rotatable bonds is 2. The zero-order valence-electron chi connectivity index (χ0n) is 14.4. The van der Waals surface area contributed by atoms with Crippen molar-refractivity contribution in [2.75, 3.05) is 11.4 Å². The molecule has 3 aromatic rings. The van der Waals surface area contributed by atoms with Crippen LogP contribution in [0.1, 0.15) is 49.8 Å². The molecule has 0 radical (unpaired) electrons. The Kier molecular flexibility index (Phi) is 3.65. The molecule has 5 nitrogen and oxygen atoms in total. The van der Waals surface area contributed by atoms with Gasteiger partial charge in [-0.1, -0.05) is 24.6 Å². The molecule has 1 fully saturated rings. The first kappa shape index (κ1) is 14.9. The third-order valence-electron chi connectivity index (χ3n) is 5.62. The molecule has 0 N–H and O–H groups in total. The number of benzene rings is 1. The van der Waals surface area contributed by atoms with Crippen LogP contribution in [0.4, 0.5) is 5.69 Å². The SMILES string of the molecule is c1ccc2c(N3CCC[C@@H]3c3nnc4n3CCCCC4)ccnc2c1. The summed E-state index contributed by atoms with van der Waals surface area (Å²) in [4.78, 5) is 7.04. The lowest BCUT2D eigenvalue weighted by Crippen LogP contribution is -2.26. The van der Waals surface area contributed by atoms with E-state index in [1.165, 1.54) is 42.6 Å². The van der Waals surface area contributed by atoms with E-state index in [9.17, 15) is 0 Å².